The maximum Gasteiger partial charge on any atom is 0.245 e. The summed E-state index contributed by atoms with van der Waals surface area (Å²) in [6, 6.07) is 2.30. The number of nitrogens with zero attached hydrogens (tertiary/aromatic N) is 5. The van der Waals surface area contributed by atoms with Crippen molar-refractivity contribution < 1.29 is 13.9 Å². The van der Waals surface area contributed by atoms with Crippen LogP contribution in [0.5, 0.6) is 5.88 Å². The van der Waals surface area contributed by atoms with E-state index in [2.05, 4.69) is 31.9 Å². The Balaban J connectivity index is 1.32. The van der Waals surface area contributed by atoms with Gasteiger partial charge in [-0.05, 0) is 31.4 Å². The summed E-state index contributed by atoms with van der Waals surface area (Å²) in [6.45, 7) is 4.30. The van der Waals surface area contributed by atoms with Crippen molar-refractivity contribution in [1.29, 1.82) is 0 Å². The van der Waals surface area contributed by atoms with E-state index in [0.717, 1.165) is 18.5 Å². The third kappa shape index (κ3) is 4.10. The number of H-pyrrole nitrogens is 1. The van der Waals surface area contributed by atoms with Crippen molar-refractivity contribution in [2.75, 3.05) is 25.0 Å². The van der Waals surface area contributed by atoms with E-state index in [1.165, 1.54) is 6.08 Å². The number of piperidine rings is 1. The molecule has 1 aliphatic carbocycles. The second kappa shape index (κ2) is 8.01. The molecule has 31 heavy (non-hydrogen) atoms. The predicted octanol–water partition coefficient (Wildman–Crippen LogP) is 2.98. The molecule has 0 spiro atoms. The smallest absolute Gasteiger partial charge is 0.245 e. The maximum atomic E-state index is 14.5. The Morgan fingerprint density at radius 2 is 2.26 bits per heavy atom. The Morgan fingerprint density at radius 1 is 1.39 bits per heavy atom. The fourth-order valence-corrected chi connectivity index (χ4v) is 3.83. The average molecular weight is 425 g/mol. The van der Waals surface area contributed by atoms with E-state index in [-0.39, 0.29) is 18.9 Å². The summed E-state index contributed by atoms with van der Waals surface area (Å²) in [5.41, 5.74) is 1.41. The molecular weight excluding hydrogens is 401 g/mol. The van der Waals surface area contributed by atoms with Crippen molar-refractivity contribution in [3.63, 3.8) is 0 Å². The highest BCUT2D eigenvalue weighted by Gasteiger charge is 2.31. The number of anilines is 2. The lowest BCUT2D eigenvalue weighted by atomic mass is 9.96. The number of aromatic amines is 1. The number of halogens is 1. The van der Waals surface area contributed by atoms with Gasteiger partial charge in [-0.25, -0.2) is 4.39 Å². The van der Waals surface area contributed by atoms with E-state index in [9.17, 15) is 9.18 Å². The van der Waals surface area contributed by atoms with Crippen molar-refractivity contribution in [3.8, 4) is 5.88 Å². The molecule has 10 heteroatoms. The van der Waals surface area contributed by atoms with Gasteiger partial charge in [-0.3, -0.25) is 9.48 Å². The first-order valence-corrected chi connectivity index (χ1v) is 10.4. The van der Waals surface area contributed by atoms with Gasteiger partial charge >= 0.3 is 0 Å². The number of likely N-dealkylation sites (tertiary alicyclic amines) is 1. The Hall–Kier alpha value is -3.43. The molecular formula is C21H24FN7O2. The van der Waals surface area contributed by atoms with Crippen LogP contribution in [-0.2, 0) is 4.79 Å². The monoisotopic (exact) mass is 425 g/mol. The number of alkyl halides is 1. The number of amides is 1. The van der Waals surface area contributed by atoms with Crippen molar-refractivity contribution in [1.82, 2.24) is 29.6 Å². The molecule has 1 saturated carbocycles. The Bertz CT molecular complexity index is 1110. The van der Waals surface area contributed by atoms with E-state index in [0.29, 0.717) is 42.0 Å². The minimum Gasteiger partial charge on any atom is -0.477 e. The minimum atomic E-state index is -1.04. The lowest BCUT2D eigenvalue weighted by Crippen LogP contribution is -2.46. The van der Waals surface area contributed by atoms with Crippen LogP contribution in [-0.4, -0.2) is 61.4 Å². The van der Waals surface area contributed by atoms with E-state index in [1.807, 2.05) is 16.9 Å². The fourth-order valence-electron chi connectivity index (χ4n) is 3.83. The fraction of sp³-hybridized carbons (Fsp3) is 0.429. The average Bonchev–Trinajstić information content (AvgIpc) is 3.33. The predicted molar refractivity (Wildman–Crippen MR) is 113 cm³/mol. The Kier molecular flexibility index (Phi) is 5.05. The minimum absolute atomic E-state index is 0.110. The van der Waals surface area contributed by atoms with Gasteiger partial charge in [-0.1, -0.05) is 6.58 Å². The Labute approximate surface area is 178 Å². The molecule has 4 heterocycles. The third-order valence-electron chi connectivity index (χ3n) is 5.72. The van der Waals surface area contributed by atoms with Crippen LogP contribution in [0.3, 0.4) is 0 Å². The molecule has 0 aromatic carbocycles. The van der Waals surface area contributed by atoms with Crippen LogP contribution in [0, 0.1) is 5.92 Å². The molecule has 2 N–H and O–H groups in total. The third-order valence-corrected chi connectivity index (χ3v) is 5.72. The van der Waals surface area contributed by atoms with Crippen LogP contribution in [0.2, 0.25) is 0 Å². The highest BCUT2D eigenvalue weighted by Crippen LogP contribution is 2.35. The molecule has 0 bridgehead atoms. The highest BCUT2D eigenvalue weighted by molar-refractivity contribution is 5.87. The van der Waals surface area contributed by atoms with Gasteiger partial charge in [0.25, 0.3) is 0 Å². The molecule has 0 unspecified atom stereocenters. The molecule has 1 saturated heterocycles. The summed E-state index contributed by atoms with van der Waals surface area (Å²) in [5.74, 6) is 0.104. The van der Waals surface area contributed by atoms with Gasteiger partial charge in [-0.2, -0.15) is 15.1 Å². The van der Waals surface area contributed by atoms with Crippen LogP contribution < -0.4 is 10.1 Å². The van der Waals surface area contributed by atoms with Gasteiger partial charge in [-0.15, -0.1) is 0 Å². The first-order valence-electron chi connectivity index (χ1n) is 10.4. The number of aromatic nitrogens is 5. The van der Waals surface area contributed by atoms with Crippen molar-refractivity contribution >= 4 is 28.6 Å². The second-order valence-electron chi connectivity index (χ2n) is 8.02. The van der Waals surface area contributed by atoms with Crippen LogP contribution in [0.4, 0.5) is 16.0 Å². The van der Waals surface area contributed by atoms with Crippen LogP contribution in [0.25, 0.3) is 11.0 Å². The first-order chi connectivity index (χ1) is 15.1. The second-order valence-corrected chi connectivity index (χ2v) is 8.02. The van der Waals surface area contributed by atoms with Gasteiger partial charge in [0.05, 0.1) is 29.9 Å². The van der Waals surface area contributed by atoms with Gasteiger partial charge in [0, 0.05) is 31.4 Å². The summed E-state index contributed by atoms with van der Waals surface area (Å²) in [7, 11) is 0. The van der Waals surface area contributed by atoms with Gasteiger partial charge in [0.1, 0.15) is 11.8 Å². The zero-order valence-corrected chi connectivity index (χ0v) is 17.0. The molecule has 0 radical (unpaired) electrons. The molecule has 5 rings (SSSR count). The lowest BCUT2D eigenvalue weighted by molar-refractivity contribution is -0.129. The molecule has 2 fully saturated rings. The van der Waals surface area contributed by atoms with Gasteiger partial charge in [0.15, 0.2) is 0 Å². The molecule has 1 aliphatic heterocycles. The maximum absolute atomic E-state index is 14.5. The molecule has 2 atom stereocenters. The largest absolute Gasteiger partial charge is 0.477 e. The summed E-state index contributed by atoms with van der Waals surface area (Å²) in [6.07, 6.45) is 8.23. The number of carbonyl (C=O) groups excluding carboxylic acids is 1. The van der Waals surface area contributed by atoms with E-state index in [4.69, 9.17) is 4.74 Å². The topological polar surface area (TPSA) is 101 Å². The van der Waals surface area contributed by atoms with Crippen LogP contribution >= 0.6 is 0 Å². The molecule has 2 aliphatic rings. The highest BCUT2D eigenvalue weighted by atomic mass is 19.1. The number of ether oxygens (including phenoxy) is 1. The summed E-state index contributed by atoms with van der Waals surface area (Å²) in [4.78, 5) is 25.6. The van der Waals surface area contributed by atoms with Crippen molar-refractivity contribution in [3.05, 3.63) is 37.3 Å². The van der Waals surface area contributed by atoms with Crippen molar-refractivity contribution in [2.45, 2.75) is 31.5 Å². The standard InChI is InChI=1S/C21H24FN7O2/c1-2-18(30)28-8-6-17(22)13(10-28)12-31-20-16-5-7-23-19(16)26-21(27-20)25-14-9-24-29(11-14)15-3-4-15/h2,5,7,9,11,13,15,17H,1,3-4,6,8,10,12H2,(H2,23,25,26,27)/t13-,17+/m0/s1. The lowest BCUT2D eigenvalue weighted by Gasteiger charge is -2.34. The van der Waals surface area contributed by atoms with Crippen molar-refractivity contribution in [2.24, 2.45) is 5.92 Å². The van der Waals surface area contributed by atoms with Crippen LogP contribution in [0.1, 0.15) is 25.3 Å². The number of nitrogens with one attached hydrogen (secondary N) is 2. The van der Waals surface area contributed by atoms with E-state index in [1.54, 1.807) is 17.3 Å². The molecule has 3 aromatic heterocycles. The number of fused-ring (bicyclic) bond motifs is 1. The molecule has 162 valence electrons. The number of hydrogen-bond donors (Lipinski definition) is 2. The quantitative estimate of drug-likeness (QED) is 0.565. The summed E-state index contributed by atoms with van der Waals surface area (Å²) < 4.78 is 22.4. The molecule has 1 amide bonds. The Morgan fingerprint density at radius 3 is 3.06 bits per heavy atom. The zero-order valence-electron chi connectivity index (χ0n) is 17.0. The number of rotatable bonds is 7. The first kappa shape index (κ1) is 19.5. The zero-order chi connectivity index (χ0) is 21.4. The SMILES string of the molecule is C=CC(=O)N1CC[C@@H](F)[C@H](COc2nc(Nc3cnn(C4CC4)c3)nc3[nH]ccc23)C1. The summed E-state index contributed by atoms with van der Waals surface area (Å²) in [5, 5.41) is 8.24. The van der Waals surface area contributed by atoms with E-state index < -0.39 is 12.1 Å². The normalized spacial score (nSPS) is 21.3. The molecule has 9 nitrogen and oxygen atoms in total. The molecule has 3 aromatic rings. The number of hydrogen-bond acceptors (Lipinski definition) is 6. The van der Waals surface area contributed by atoms with Crippen LogP contribution in [0.15, 0.2) is 37.3 Å². The summed E-state index contributed by atoms with van der Waals surface area (Å²) >= 11 is 0. The van der Waals surface area contributed by atoms with E-state index >= 15 is 0 Å². The number of carbonyl (C=O) groups is 1. The van der Waals surface area contributed by atoms with Gasteiger partial charge in [0.2, 0.25) is 17.7 Å². The van der Waals surface area contributed by atoms with Gasteiger partial charge < -0.3 is 19.9 Å².